The van der Waals surface area contributed by atoms with Gasteiger partial charge in [-0.15, -0.1) is 0 Å². The maximum atomic E-state index is 11.0. The zero-order valence-electron chi connectivity index (χ0n) is 9.51. The minimum absolute atomic E-state index is 0.215. The molecule has 5 heteroatoms. The van der Waals surface area contributed by atoms with Crippen LogP contribution in [0.2, 0.25) is 0 Å². The van der Waals surface area contributed by atoms with Crippen molar-refractivity contribution in [1.82, 2.24) is 4.98 Å². The zero-order chi connectivity index (χ0) is 12.3. The second kappa shape index (κ2) is 5.14. The number of rotatable bonds is 4. The lowest BCUT2D eigenvalue weighted by atomic mass is 10.1. The first-order chi connectivity index (χ1) is 8.16. The molecule has 0 aliphatic rings. The van der Waals surface area contributed by atoms with E-state index < -0.39 is 10.8 Å². The van der Waals surface area contributed by atoms with Crippen molar-refractivity contribution in [2.45, 2.75) is 0 Å². The van der Waals surface area contributed by atoms with E-state index in [1.807, 2.05) is 12.1 Å². The third-order valence-electron chi connectivity index (χ3n) is 2.43. The Morgan fingerprint density at radius 2 is 2.24 bits per heavy atom. The average Bonchev–Trinajstić information content (AvgIpc) is 2.29. The van der Waals surface area contributed by atoms with E-state index in [4.69, 9.17) is 0 Å². The Hall–Kier alpha value is -1.62. The molecule has 0 fully saturated rings. The van der Waals surface area contributed by atoms with E-state index in [1.165, 1.54) is 0 Å². The molecule has 0 saturated carbocycles. The van der Waals surface area contributed by atoms with Crippen molar-refractivity contribution in [2.75, 3.05) is 23.9 Å². The fourth-order valence-corrected chi connectivity index (χ4v) is 2.00. The van der Waals surface area contributed by atoms with Gasteiger partial charge in [0.15, 0.2) is 0 Å². The lowest BCUT2D eigenvalue weighted by molar-refractivity contribution is 0.476. The number of hydrogen-bond donors (Lipinski definition) is 2. The highest BCUT2D eigenvalue weighted by molar-refractivity contribution is 7.84. The van der Waals surface area contributed by atoms with Crippen molar-refractivity contribution in [3.8, 4) is 5.75 Å². The largest absolute Gasteiger partial charge is 0.508 e. The van der Waals surface area contributed by atoms with Crippen LogP contribution in [-0.4, -0.2) is 32.9 Å². The standard InChI is InChI=1S/C12H14N2O2S/c1-17(16)7-6-14-12-11-8-10(15)3-2-9(11)4-5-13-12/h2-5,8,15H,6-7H2,1H3,(H,13,14). The Labute approximate surface area is 102 Å². The van der Waals surface area contributed by atoms with E-state index in [-0.39, 0.29) is 5.75 Å². The number of pyridine rings is 1. The van der Waals surface area contributed by atoms with Gasteiger partial charge in [0, 0.05) is 40.9 Å². The highest BCUT2D eigenvalue weighted by Crippen LogP contribution is 2.24. The van der Waals surface area contributed by atoms with Crippen molar-refractivity contribution >= 4 is 27.4 Å². The van der Waals surface area contributed by atoms with Crippen LogP contribution in [0.4, 0.5) is 5.82 Å². The van der Waals surface area contributed by atoms with Crippen molar-refractivity contribution in [1.29, 1.82) is 0 Å². The molecular formula is C12H14N2O2S. The number of aromatic hydroxyl groups is 1. The molecular weight excluding hydrogens is 236 g/mol. The van der Waals surface area contributed by atoms with Crippen LogP contribution in [0.5, 0.6) is 5.75 Å². The number of phenolic OH excluding ortho intramolecular Hbond substituents is 1. The number of anilines is 1. The minimum atomic E-state index is -0.817. The normalized spacial score (nSPS) is 12.5. The van der Waals surface area contributed by atoms with Gasteiger partial charge < -0.3 is 10.4 Å². The molecule has 1 atom stereocenters. The molecule has 0 saturated heterocycles. The number of fused-ring (bicyclic) bond motifs is 1. The zero-order valence-corrected chi connectivity index (χ0v) is 10.3. The summed E-state index contributed by atoms with van der Waals surface area (Å²) in [6.07, 6.45) is 3.38. The van der Waals surface area contributed by atoms with Gasteiger partial charge in [-0.1, -0.05) is 6.07 Å². The SMILES string of the molecule is CS(=O)CCNc1nccc2ccc(O)cc12. The van der Waals surface area contributed by atoms with Crippen molar-refractivity contribution in [3.63, 3.8) is 0 Å². The Morgan fingerprint density at radius 1 is 1.41 bits per heavy atom. The quantitative estimate of drug-likeness (QED) is 0.867. The second-order valence-electron chi connectivity index (χ2n) is 3.77. The number of phenols is 1. The van der Waals surface area contributed by atoms with Crippen LogP contribution in [0.1, 0.15) is 0 Å². The highest BCUT2D eigenvalue weighted by Gasteiger charge is 2.03. The summed E-state index contributed by atoms with van der Waals surface area (Å²) in [5.41, 5.74) is 0. The summed E-state index contributed by atoms with van der Waals surface area (Å²) in [5, 5.41) is 14.5. The van der Waals surface area contributed by atoms with E-state index in [0.717, 1.165) is 10.8 Å². The molecule has 0 aliphatic carbocycles. The summed E-state index contributed by atoms with van der Waals surface area (Å²) in [6.45, 7) is 0.602. The van der Waals surface area contributed by atoms with E-state index in [1.54, 1.807) is 24.6 Å². The summed E-state index contributed by atoms with van der Waals surface area (Å²) in [7, 11) is -0.817. The first kappa shape index (κ1) is 11.9. The van der Waals surface area contributed by atoms with Gasteiger partial charge in [0.25, 0.3) is 0 Å². The molecule has 0 aliphatic heterocycles. The predicted molar refractivity (Wildman–Crippen MR) is 70.8 cm³/mol. The van der Waals surface area contributed by atoms with Crippen LogP contribution < -0.4 is 5.32 Å². The molecule has 1 heterocycles. The molecule has 0 radical (unpaired) electrons. The number of hydrogen-bond acceptors (Lipinski definition) is 4. The summed E-state index contributed by atoms with van der Waals surface area (Å²) in [5.74, 6) is 1.51. The number of nitrogens with zero attached hydrogens (tertiary/aromatic N) is 1. The highest BCUT2D eigenvalue weighted by atomic mass is 32.2. The number of aromatic nitrogens is 1. The maximum absolute atomic E-state index is 11.0. The molecule has 0 amide bonds. The Balaban J connectivity index is 2.27. The first-order valence-corrected chi connectivity index (χ1v) is 7.01. The third-order valence-corrected chi connectivity index (χ3v) is 3.21. The molecule has 2 aromatic rings. The number of nitrogens with one attached hydrogen (secondary N) is 1. The van der Waals surface area contributed by atoms with Crippen molar-refractivity contribution < 1.29 is 9.32 Å². The lowest BCUT2D eigenvalue weighted by Crippen LogP contribution is -2.10. The van der Waals surface area contributed by atoms with Crippen LogP contribution >= 0.6 is 0 Å². The molecule has 0 spiro atoms. The molecule has 1 aromatic carbocycles. The molecule has 4 nitrogen and oxygen atoms in total. The molecule has 2 N–H and O–H groups in total. The van der Waals surface area contributed by atoms with E-state index in [0.29, 0.717) is 18.1 Å². The summed E-state index contributed by atoms with van der Waals surface area (Å²) < 4.78 is 11.0. The van der Waals surface area contributed by atoms with Gasteiger partial charge in [-0.3, -0.25) is 4.21 Å². The van der Waals surface area contributed by atoms with Gasteiger partial charge in [-0.25, -0.2) is 4.98 Å². The average molecular weight is 250 g/mol. The lowest BCUT2D eigenvalue weighted by Gasteiger charge is -2.08. The topological polar surface area (TPSA) is 62.2 Å². The van der Waals surface area contributed by atoms with E-state index in [9.17, 15) is 9.32 Å². The predicted octanol–water partition coefficient (Wildman–Crippen LogP) is 1.73. The second-order valence-corrected chi connectivity index (χ2v) is 5.32. The number of benzene rings is 1. The third kappa shape index (κ3) is 2.94. The summed E-state index contributed by atoms with van der Waals surface area (Å²) in [4.78, 5) is 4.22. The minimum Gasteiger partial charge on any atom is -0.508 e. The maximum Gasteiger partial charge on any atom is 0.133 e. The smallest absolute Gasteiger partial charge is 0.133 e. The van der Waals surface area contributed by atoms with Crippen LogP contribution in [0.15, 0.2) is 30.5 Å². The molecule has 90 valence electrons. The van der Waals surface area contributed by atoms with Crippen molar-refractivity contribution in [3.05, 3.63) is 30.5 Å². The summed E-state index contributed by atoms with van der Waals surface area (Å²) in [6, 6.07) is 7.05. The molecule has 1 aromatic heterocycles. The Kier molecular flexibility index (Phi) is 3.58. The van der Waals surface area contributed by atoms with Crippen LogP contribution in [0.3, 0.4) is 0 Å². The van der Waals surface area contributed by atoms with Crippen molar-refractivity contribution in [2.24, 2.45) is 0 Å². The van der Waals surface area contributed by atoms with Gasteiger partial charge in [0.1, 0.15) is 11.6 Å². The van der Waals surface area contributed by atoms with Gasteiger partial charge in [0.05, 0.1) is 0 Å². The fraction of sp³-hybridized carbons (Fsp3) is 0.250. The van der Waals surface area contributed by atoms with Crippen LogP contribution in [0.25, 0.3) is 10.8 Å². The van der Waals surface area contributed by atoms with E-state index >= 15 is 0 Å². The molecule has 17 heavy (non-hydrogen) atoms. The van der Waals surface area contributed by atoms with Crippen LogP contribution in [-0.2, 0) is 10.8 Å². The first-order valence-electron chi connectivity index (χ1n) is 5.28. The van der Waals surface area contributed by atoms with Gasteiger partial charge in [-0.2, -0.15) is 0 Å². The fourth-order valence-electron chi connectivity index (χ4n) is 1.61. The van der Waals surface area contributed by atoms with Gasteiger partial charge >= 0.3 is 0 Å². The van der Waals surface area contributed by atoms with E-state index in [2.05, 4.69) is 10.3 Å². The molecule has 1 unspecified atom stereocenters. The Morgan fingerprint density at radius 3 is 3.00 bits per heavy atom. The molecule has 0 bridgehead atoms. The Bertz CT molecular complexity index is 557. The molecule has 2 rings (SSSR count). The van der Waals surface area contributed by atoms with Crippen LogP contribution in [0, 0.1) is 0 Å². The summed E-state index contributed by atoms with van der Waals surface area (Å²) >= 11 is 0. The van der Waals surface area contributed by atoms with Gasteiger partial charge in [-0.05, 0) is 23.6 Å². The van der Waals surface area contributed by atoms with Gasteiger partial charge in [0.2, 0.25) is 0 Å². The monoisotopic (exact) mass is 250 g/mol.